The zero-order valence-electron chi connectivity index (χ0n) is 14.5. The van der Waals surface area contributed by atoms with E-state index in [1.165, 1.54) is 4.68 Å². The highest BCUT2D eigenvalue weighted by Gasteiger charge is 2.25. The van der Waals surface area contributed by atoms with Gasteiger partial charge >= 0.3 is 5.97 Å². The summed E-state index contributed by atoms with van der Waals surface area (Å²) in [5.41, 5.74) is 1.82. The summed E-state index contributed by atoms with van der Waals surface area (Å²) in [5.74, 6) is -2.40. The number of nitrogens with one attached hydrogen (secondary N) is 1. The molecule has 1 aromatic carbocycles. The Hall–Kier alpha value is -2.61. The average Bonchev–Trinajstić information content (AvgIpc) is 2.84. The highest BCUT2D eigenvalue weighted by Crippen LogP contribution is 2.19. The number of carbonyl (C=O) groups is 3. The Morgan fingerprint density at radius 3 is 2.60 bits per heavy atom. The fraction of sp³-hybridized carbons (Fsp3) is 0.294. The lowest BCUT2D eigenvalue weighted by Gasteiger charge is -2.07. The highest BCUT2D eigenvalue weighted by molar-refractivity contribution is 7.98. The van der Waals surface area contributed by atoms with E-state index in [-0.39, 0.29) is 5.56 Å². The van der Waals surface area contributed by atoms with E-state index in [4.69, 9.17) is 4.74 Å². The molecule has 1 heterocycles. The van der Waals surface area contributed by atoms with Crippen LogP contribution in [0.15, 0.2) is 29.2 Å². The first-order valence-corrected chi connectivity index (χ1v) is 8.71. The van der Waals surface area contributed by atoms with Gasteiger partial charge in [-0.3, -0.25) is 14.3 Å². The molecule has 0 spiro atoms. The van der Waals surface area contributed by atoms with Crippen LogP contribution in [0, 0.1) is 13.8 Å². The first-order chi connectivity index (χ1) is 11.8. The molecule has 2 aromatic rings. The van der Waals surface area contributed by atoms with Gasteiger partial charge in [0.05, 0.1) is 11.3 Å². The summed E-state index contributed by atoms with van der Waals surface area (Å²) in [4.78, 5) is 37.0. The third kappa shape index (κ3) is 4.48. The fourth-order valence-electron chi connectivity index (χ4n) is 2.30. The number of nitrogens with zero attached hydrogens (tertiary/aromatic N) is 2. The number of anilines is 1. The molecule has 0 aliphatic rings. The van der Waals surface area contributed by atoms with Gasteiger partial charge in [-0.1, -0.05) is 6.07 Å². The Balaban J connectivity index is 1.94. The maximum absolute atomic E-state index is 12.2. The van der Waals surface area contributed by atoms with Crippen molar-refractivity contribution < 1.29 is 19.1 Å². The number of hydrogen-bond donors (Lipinski definition) is 1. The molecule has 0 unspecified atom stereocenters. The molecule has 0 atom stereocenters. The normalized spacial score (nSPS) is 10.4. The van der Waals surface area contributed by atoms with Gasteiger partial charge in [0.15, 0.2) is 6.61 Å². The van der Waals surface area contributed by atoms with Crippen molar-refractivity contribution in [2.24, 2.45) is 7.05 Å². The van der Waals surface area contributed by atoms with E-state index in [0.29, 0.717) is 17.1 Å². The molecule has 0 saturated heterocycles. The number of Topliss-reactive ketones (excluding diaryl/α,β-unsaturated/α-hetero) is 1. The van der Waals surface area contributed by atoms with Crippen LogP contribution in [0.2, 0.25) is 0 Å². The second-order valence-corrected chi connectivity index (χ2v) is 6.23. The van der Waals surface area contributed by atoms with Crippen molar-refractivity contribution in [1.82, 2.24) is 9.78 Å². The van der Waals surface area contributed by atoms with E-state index < -0.39 is 24.3 Å². The predicted molar refractivity (Wildman–Crippen MR) is 94.8 cm³/mol. The maximum atomic E-state index is 12.2. The standard InChI is InChI=1S/C17H19N3O4S/c1-10-15(11(2)20(3)19-10)16(22)17(23)24-9-14(21)18-12-6-5-7-13(8-12)25-4/h5-8H,9H2,1-4H3,(H,18,21). The summed E-state index contributed by atoms with van der Waals surface area (Å²) in [5, 5.41) is 6.71. The van der Waals surface area contributed by atoms with E-state index >= 15 is 0 Å². The molecule has 0 saturated carbocycles. The number of carbonyl (C=O) groups excluding carboxylic acids is 3. The number of hydrogen-bond acceptors (Lipinski definition) is 6. The van der Waals surface area contributed by atoms with Gasteiger partial charge in [-0.05, 0) is 38.3 Å². The maximum Gasteiger partial charge on any atom is 0.380 e. The van der Waals surface area contributed by atoms with Crippen molar-refractivity contribution >= 4 is 35.1 Å². The molecule has 1 amide bonds. The zero-order chi connectivity index (χ0) is 18.6. The van der Waals surface area contributed by atoms with Gasteiger partial charge in [-0.2, -0.15) is 5.10 Å². The molecular weight excluding hydrogens is 342 g/mol. The lowest BCUT2D eigenvalue weighted by atomic mass is 10.1. The number of amides is 1. The van der Waals surface area contributed by atoms with Crippen molar-refractivity contribution in [3.63, 3.8) is 0 Å². The van der Waals surface area contributed by atoms with Crippen molar-refractivity contribution in [2.45, 2.75) is 18.7 Å². The fourth-order valence-corrected chi connectivity index (χ4v) is 2.76. The first-order valence-electron chi connectivity index (χ1n) is 7.49. The quantitative estimate of drug-likeness (QED) is 0.367. The summed E-state index contributed by atoms with van der Waals surface area (Å²) >= 11 is 1.55. The number of thioether (sulfide) groups is 1. The number of aromatic nitrogens is 2. The van der Waals surface area contributed by atoms with Gasteiger partial charge in [0.2, 0.25) is 0 Å². The third-order valence-corrected chi connectivity index (χ3v) is 4.33. The average molecular weight is 361 g/mol. The minimum Gasteiger partial charge on any atom is -0.450 e. The number of esters is 1. The minimum absolute atomic E-state index is 0.209. The highest BCUT2D eigenvalue weighted by atomic mass is 32.2. The number of rotatable bonds is 6. The van der Waals surface area contributed by atoms with Crippen molar-refractivity contribution in [2.75, 3.05) is 18.2 Å². The molecule has 0 bridgehead atoms. The Morgan fingerprint density at radius 2 is 2.00 bits per heavy atom. The number of aryl methyl sites for hydroxylation is 2. The minimum atomic E-state index is -1.08. The van der Waals surface area contributed by atoms with Gasteiger partial charge in [-0.25, -0.2) is 4.79 Å². The van der Waals surface area contributed by atoms with Crippen LogP contribution >= 0.6 is 11.8 Å². The molecule has 7 nitrogen and oxygen atoms in total. The van der Waals surface area contributed by atoms with E-state index in [1.807, 2.05) is 18.4 Å². The Morgan fingerprint density at radius 1 is 1.28 bits per heavy atom. The summed E-state index contributed by atoms with van der Waals surface area (Å²) in [6, 6.07) is 7.26. The van der Waals surface area contributed by atoms with Gasteiger partial charge in [0.25, 0.3) is 11.7 Å². The topological polar surface area (TPSA) is 90.3 Å². The smallest absolute Gasteiger partial charge is 0.380 e. The second-order valence-electron chi connectivity index (χ2n) is 5.35. The van der Waals surface area contributed by atoms with Crippen LogP contribution in [0.25, 0.3) is 0 Å². The predicted octanol–water partition coefficient (Wildman–Crippen LogP) is 2.12. The molecule has 132 valence electrons. The molecule has 1 N–H and O–H groups in total. The lowest BCUT2D eigenvalue weighted by Crippen LogP contribution is -2.25. The van der Waals surface area contributed by atoms with E-state index in [9.17, 15) is 14.4 Å². The van der Waals surface area contributed by atoms with Crippen LogP contribution < -0.4 is 5.32 Å². The van der Waals surface area contributed by atoms with Crippen molar-refractivity contribution in [3.05, 3.63) is 41.2 Å². The molecule has 0 radical (unpaired) electrons. The van der Waals surface area contributed by atoms with Crippen molar-refractivity contribution in [1.29, 1.82) is 0 Å². The van der Waals surface area contributed by atoms with Crippen LogP contribution in [0.5, 0.6) is 0 Å². The van der Waals surface area contributed by atoms with Crippen LogP contribution in [0.4, 0.5) is 5.69 Å². The number of ether oxygens (including phenoxy) is 1. The van der Waals surface area contributed by atoms with Gasteiger partial charge < -0.3 is 10.1 Å². The lowest BCUT2D eigenvalue weighted by molar-refractivity contribution is -0.142. The molecule has 2 rings (SSSR count). The summed E-state index contributed by atoms with van der Waals surface area (Å²) in [7, 11) is 1.68. The Bertz CT molecular complexity index is 829. The van der Waals surface area contributed by atoms with Crippen LogP contribution in [0.1, 0.15) is 21.7 Å². The number of ketones is 1. The molecule has 1 aromatic heterocycles. The molecule has 25 heavy (non-hydrogen) atoms. The van der Waals surface area contributed by atoms with Crippen LogP contribution in [0.3, 0.4) is 0 Å². The number of benzene rings is 1. The Labute approximate surface area is 149 Å². The second kappa shape index (κ2) is 7.98. The van der Waals surface area contributed by atoms with E-state index in [1.54, 1.807) is 44.8 Å². The summed E-state index contributed by atoms with van der Waals surface area (Å²) in [6.07, 6.45) is 1.93. The van der Waals surface area contributed by atoms with Gasteiger partial charge in [0.1, 0.15) is 0 Å². The van der Waals surface area contributed by atoms with Crippen molar-refractivity contribution in [3.8, 4) is 0 Å². The van der Waals surface area contributed by atoms with Gasteiger partial charge in [0, 0.05) is 23.3 Å². The Kier molecular flexibility index (Phi) is 5.97. The monoisotopic (exact) mass is 361 g/mol. The molecule has 0 aliphatic heterocycles. The largest absolute Gasteiger partial charge is 0.450 e. The molecule has 8 heteroatoms. The van der Waals surface area contributed by atoms with E-state index in [0.717, 1.165) is 4.90 Å². The molecule has 0 fully saturated rings. The van der Waals surface area contributed by atoms with Crippen LogP contribution in [-0.4, -0.2) is 40.3 Å². The molecule has 0 aliphatic carbocycles. The summed E-state index contributed by atoms with van der Waals surface area (Å²) < 4.78 is 6.34. The van der Waals surface area contributed by atoms with Gasteiger partial charge in [-0.15, -0.1) is 11.8 Å². The molecular formula is C17H19N3O4S. The summed E-state index contributed by atoms with van der Waals surface area (Å²) in [6.45, 7) is 2.79. The zero-order valence-corrected chi connectivity index (χ0v) is 15.3. The first kappa shape index (κ1) is 18.7. The third-order valence-electron chi connectivity index (χ3n) is 3.61. The van der Waals surface area contributed by atoms with Crippen LogP contribution in [-0.2, 0) is 21.4 Å². The van der Waals surface area contributed by atoms with E-state index in [2.05, 4.69) is 10.4 Å². The SMILES string of the molecule is CSc1cccc(NC(=O)COC(=O)C(=O)c2c(C)nn(C)c2C)c1.